The van der Waals surface area contributed by atoms with Gasteiger partial charge in [0.1, 0.15) is 6.10 Å². The summed E-state index contributed by atoms with van der Waals surface area (Å²) in [5, 5.41) is 11.5. The summed E-state index contributed by atoms with van der Waals surface area (Å²) in [4.78, 5) is 12.6. The van der Waals surface area contributed by atoms with Gasteiger partial charge in [0.05, 0.1) is 12.5 Å². The SMILES string of the molecule is CCC(=O)[C@H]1O[C@](O)(CCc2ccoc2)[C@@]2(C)CCCC(C)(C)[C@H]12. The van der Waals surface area contributed by atoms with Crippen LogP contribution in [0.15, 0.2) is 23.0 Å². The number of aliphatic hydroxyl groups is 1. The lowest BCUT2D eigenvalue weighted by atomic mass is 9.53. The normalized spacial score (nSPS) is 38.0. The van der Waals surface area contributed by atoms with E-state index in [1.165, 1.54) is 0 Å². The highest BCUT2D eigenvalue weighted by Crippen LogP contribution is 2.63. The van der Waals surface area contributed by atoms with Gasteiger partial charge in [0, 0.05) is 24.2 Å². The Labute approximate surface area is 144 Å². The van der Waals surface area contributed by atoms with Crippen molar-refractivity contribution >= 4 is 5.78 Å². The number of ketones is 1. The van der Waals surface area contributed by atoms with Crippen LogP contribution in [0.1, 0.15) is 65.4 Å². The van der Waals surface area contributed by atoms with Gasteiger partial charge >= 0.3 is 0 Å². The van der Waals surface area contributed by atoms with Crippen LogP contribution in [0, 0.1) is 16.7 Å². The molecule has 2 fully saturated rings. The predicted molar refractivity (Wildman–Crippen MR) is 91.4 cm³/mol. The molecule has 0 spiro atoms. The van der Waals surface area contributed by atoms with Crippen molar-refractivity contribution in [2.24, 2.45) is 16.7 Å². The summed E-state index contributed by atoms with van der Waals surface area (Å²) in [5.74, 6) is -1.09. The molecule has 0 radical (unpaired) electrons. The molecule has 1 saturated heterocycles. The van der Waals surface area contributed by atoms with Crippen molar-refractivity contribution < 1.29 is 19.1 Å². The third kappa shape index (κ3) is 2.64. The van der Waals surface area contributed by atoms with E-state index in [1.807, 2.05) is 13.0 Å². The Morgan fingerprint density at radius 3 is 2.71 bits per heavy atom. The number of fused-ring (bicyclic) bond motifs is 1. The Morgan fingerprint density at radius 1 is 1.33 bits per heavy atom. The predicted octanol–water partition coefficient (Wildman–Crippen LogP) is 4.11. The molecule has 1 aliphatic carbocycles. The minimum atomic E-state index is -1.26. The highest BCUT2D eigenvalue weighted by atomic mass is 16.6. The Hall–Kier alpha value is -1.13. The lowest BCUT2D eigenvalue weighted by Crippen LogP contribution is -2.52. The summed E-state index contributed by atoms with van der Waals surface area (Å²) in [6.07, 6.45) is 7.51. The number of furan rings is 1. The van der Waals surface area contributed by atoms with Crippen LogP contribution in [0.5, 0.6) is 0 Å². The molecule has 1 aliphatic heterocycles. The molecule has 134 valence electrons. The highest BCUT2D eigenvalue weighted by Gasteiger charge is 2.67. The fraction of sp³-hybridized carbons (Fsp3) is 0.750. The van der Waals surface area contributed by atoms with Crippen LogP contribution in [-0.4, -0.2) is 22.8 Å². The van der Waals surface area contributed by atoms with Crippen LogP contribution in [0.3, 0.4) is 0 Å². The van der Waals surface area contributed by atoms with Gasteiger partial charge in [-0.25, -0.2) is 0 Å². The number of rotatable bonds is 5. The number of carbonyl (C=O) groups is 1. The van der Waals surface area contributed by atoms with Gasteiger partial charge in [-0.1, -0.05) is 34.1 Å². The minimum Gasteiger partial charge on any atom is -0.472 e. The minimum absolute atomic E-state index is 0.0113. The van der Waals surface area contributed by atoms with Crippen molar-refractivity contribution in [1.82, 2.24) is 0 Å². The molecule has 1 N–H and O–H groups in total. The summed E-state index contributed by atoms with van der Waals surface area (Å²) in [5.41, 5.74) is 0.642. The molecule has 24 heavy (non-hydrogen) atoms. The van der Waals surface area contributed by atoms with Crippen LogP contribution in [0.4, 0.5) is 0 Å². The molecule has 4 heteroatoms. The average molecular weight is 334 g/mol. The smallest absolute Gasteiger partial charge is 0.172 e. The fourth-order valence-electron chi connectivity index (χ4n) is 5.23. The molecule has 1 saturated carbocycles. The van der Waals surface area contributed by atoms with Crippen molar-refractivity contribution in [3.63, 3.8) is 0 Å². The number of Topliss-reactive ketones (excluding diaryl/α,β-unsaturated/α-hetero) is 1. The molecule has 3 rings (SSSR count). The molecule has 0 aromatic carbocycles. The molecule has 4 nitrogen and oxygen atoms in total. The first-order valence-electron chi connectivity index (χ1n) is 9.17. The van der Waals surface area contributed by atoms with Gasteiger partial charge in [0.2, 0.25) is 0 Å². The zero-order valence-electron chi connectivity index (χ0n) is 15.3. The molecule has 1 aromatic heterocycles. The topological polar surface area (TPSA) is 59.7 Å². The summed E-state index contributed by atoms with van der Waals surface area (Å²) in [6.45, 7) is 8.44. The molecule has 0 unspecified atom stereocenters. The van der Waals surface area contributed by atoms with Gasteiger partial charge in [0.15, 0.2) is 11.6 Å². The second-order valence-electron chi connectivity index (χ2n) is 8.51. The molecule has 2 heterocycles. The van der Waals surface area contributed by atoms with Crippen LogP contribution in [0.25, 0.3) is 0 Å². The Bertz CT molecular complexity index is 591. The van der Waals surface area contributed by atoms with Crippen molar-refractivity contribution in [2.45, 2.75) is 78.1 Å². The Morgan fingerprint density at radius 2 is 2.08 bits per heavy atom. The largest absolute Gasteiger partial charge is 0.472 e. The van der Waals surface area contributed by atoms with Crippen LogP contribution in [-0.2, 0) is 16.0 Å². The monoisotopic (exact) mass is 334 g/mol. The van der Waals surface area contributed by atoms with Gasteiger partial charge in [-0.3, -0.25) is 4.79 Å². The fourth-order valence-corrected chi connectivity index (χ4v) is 5.23. The third-order valence-electron chi connectivity index (χ3n) is 6.56. The maximum atomic E-state index is 12.6. The molecule has 0 amide bonds. The molecule has 2 aliphatic rings. The highest BCUT2D eigenvalue weighted by molar-refractivity contribution is 5.83. The van der Waals surface area contributed by atoms with E-state index in [9.17, 15) is 9.90 Å². The summed E-state index contributed by atoms with van der Waals surface area (Å²) < 4.78 is 11.3. The number of ether oxygens (including phenoxy) is 1. The second-order valence-corrected chi connectivity index (χ2v) is 8.51. The first-order valence-corrected chi connectivity index (χ1v) is 9.17. The van der Waals surface area contributed by atoms with Crippen molar-refractivity contribution in [2.75, 3.05) is 0 Å². The Kier molecular flexibility index (Phi) is 4.42. The quantitative estimate of drug-likeness (QED) is 0.880. The van der Waals surface area contributed by atoms with E-state index >= 15 is 0 Å². The van der Waals surface area contributed by atoms with Gasteiger partial charge < -0.3 is 14.3 Å². The zero-order chi connectivity index (χ0) is 17.6. The molecular formula is C20H30O4. The van der Waals surface area contributed by atoms with Crippen LogP contribution >= 0.6 is 0 Å². The first-order chi connectivity index (χ1) is 11.2. The summed E-state index contributed by atoms with van der Waals surface area (Å²) in [6, 6.07) is 1.91. The second kappa shape index (κ2) is 5.99. The third-order valence-corrected chi connectivity index (χ3v) is 6.56. The zero-order valence-corrected chi connectivity index (χ0v) is 15.3. The summed E-state index contributed by atoms with van der Waals surface area (Å²) >= 11 is 0. The van der Waals surface area contributed by atoms with E-state index in [0.29, 0.717) is 19.3 Å². The summed E-state index contributed by atoms with van der Waals surface area (Å²) in [7, 11) is 0. The lowest BCUT2D eigenvalue weighted by molar-refractivity contribution is -0.244. The van der Waals surface area contributed by atoms with E-state index in [1.54, 1.807) is 12.5 Å². The van der Waals surface area contributed by atoms with Gasteiger partial charge in [-0.05, 0) is 36.3 Å². The van der Waals surface area contributed by atoms with Crippen molar-refractivity contribution in [1.29, 1.82) is 0 Å². The first kappa shape index (κ1) is 17.7. The van der Waals surface area contributed by atoms with E-state index < -0.39 is 17.3 Å². The van der Waals surface area contributed by atoms with Gasteiger partial charge in [-0.2, -0.15) is 0 Å². The van der Waals surface area contributed by atoms with E-state index in [2.05, 4.69) is 20.8 Å². The van der Waals surface area contributed by atoms with Gasteiger partial charge in [-0.15, -0.1) is 0 Å². The van der Waals surface area contributed by atoms with E-state index in [4.69, 9.17) is 9.15 Å². The standard InChI is InChI=1S/C20H30O4/c1-5-15(21)16-17-18(2,3)9-6-10-19(17,4)20(22,24-16)11-7-14-8-12-23-13-14/h8,12-13,16-17,22H,5-7,9-11H2,1-4H3/t16-,17+,19+,20-/m1/s1. The average Bonchev–Trinajstić information content (AvgIpc) is 3.10. The van der Waals surface area contributed by atoms with Crippen molar-refractivity contribution in [3.8, 4) is 0 Å². The lowest BCUT2D eigenvalue weighted by Gasteiger charge is -2.51. The molecular weight excluding hydrogens is 304 g/mol. The number of aryl methyl sites for hydroxylation is 1. The Balaban J connectivity index is 1.93. The number of hydrogen-bond donors (Lipinski definition) is 1. The molecule has 0 bridgehead atoms. The molecule has 4 atom stereocenters. The van der Waals surface area contributed by atoms with Crippen LogP contribution < -0.4 is 0 Å². The maximum absolute atomic E-state index is 12.6. The van der Waals surface area contributed by atoms with Crippen LogP contribution in [0.2, 0.25) is 0 Å². The molecule has 1 aromatic rings. The van der Waals surface area contributed by atoms with Gasteiger partial charge in [0.25, 0.3) is 0 Å². The van der Waals surface area contributed by atoms with E-state index in [-0.39, 0.29) is 17.1 Å². The maximum Gasteiger partial charge on any atom is 0.172 e. The van der Waals surface area contributed by atoms with Crippen molar-refractivity contribution in [3.05, 3.63) is 24.2 Å². The van der Waals surface area contributed by atoms with E-state index in [0.717, 1.165) is 24.8 Å². The number of hydrogen-bond acceptors (Lipinski definition) is 4. The number of carbonyl (C=O) groups excluding carboxylic acids is 1.